The van der Waals surface area contributed by atoms with Crippen LogP contribution in [0.2, 0.25) is 0 Å². The third kappa shape index (κ3) is 7.13. The Morgan fingerprint density at radius 3 is 2.55 bits per heavy atom. The zero-order valence-corrected chi connectivity index (χ0v) is 30.5. The summed E-state index contributed by atoms with van der Waals surface area (Å²) in [6.07, 6.45) is 16.6. The van der Waals surface area contributed by atoms with Crippen molar-refractivity contribution in [3.05, 3.63) is 39.5 Å². The first kappa shape index (κ1) is 34.0. The van der Waals surface area contributed by atoms with Gasteiger partial charge in [-0.25, -0.2) is 0 Å². The van der Waals surface area contributed by atoms with Crippen LogP contribution in [0.1, 0.15) is 125 Å². The number of nitrogens with one attached hydrogen (secondary N) is 1. The van der Waals surface area contributed by atoms with Crippen molar-refractivity contribution < 1.29 is 14.3 Å². The van der Waals surface area contributed by atoms with Crippen molar-refractivity contribution in [2.24, 2.45) is 52.3 Å². The van der Waals surface area contributed by atoms with Crippen molar-refractivity contribution in [1.82, 2.24) is 0 Å². The number of benzene rings is 1. The fraction of sp³-hybridized carbons (Fsp3) is 0.744. The molecule has 1 N–H and O–H groups in total. The maximum atomic E-state index is 12.7. The van der Waals surface area contributed by atoms with E-state index in [1.807, 2.05) is 24.3 Å². The van der Waals surface area contributed by atoms with E-state index in [0.29, 0.717) is 5.41 Å². The van der Waals surface area contributed by atoms with Crippen molar-refractivity contribution in [2.75, 3.05) is 5.32 Å². The molecule has 244 valence electrons. The Hall–Kier alpha value is -1.37. The van der Waals surface area contributed by atoms with Gasteiger partial charge in [0.25, 0.3) is 0 Å². The average Bonchev–Trinajstić information content (AvgIpc) is 3.33. The van der Waals surface area contributed by atoms with Gasteiger partial charge in [0.1, 0.15) is 6.10 Å². The number of anilines is 1. The highest BCUT2D eigenvalue weighted by atomic mass is 127. The minimum atomic E-state index is -0.246. The van der Waals surface area contributed by atoms with Crippen molar-refractivity contribution in [3.63, 3.8) is 0 Å². The van der Waals surface area contributed by atoms with Crippen LogP contribution in [0.25, 0.3) is 0 Å². The summed E-state index contributed by atoms with van der Waals surface area (Å²) in [6.45, 7) is 15.0. The van der Waals surface area contributed by atoms with Gasteiger partial charge >= 0.3 is 5.97 Å². The Labute approximate surface area is 281 Å². The molecule has 4 nitrogen and oxygen atoms in total. The van der Waals surface area contributed by atoms with Gasteiger partial charge in [0.05, 0.1) is 6.42 Å². The Bertz CT molecular complexity index is 1210. The number of hydrogen-bond acceptors (Lipinski definition) is 3. The Morgan fingerprint density at radius 2 is 1.82 bits per heavy atom. The minimum Gasteiger partial charge on any atom is -0.462 e. The maximum Gasteiger partial charge on any atom is 0.306 e. The number of halogens is 1. The first-order chi connectivity index (χ1) is 20.9. The number of amides is 1. The largest absolute Gasteiger partial charge is 0.462 e. The number of rotatable bonds is 11. The van der Waals surface area contributed by atoms with Crippen LogP contribution in [0.4, 0.5) is 5.69 Å². The van der Waals surface area contributed by atoms with Crippen molar-refractivity contribution >= 4 is 40.2 Å². The number of carbonyl (C=O) groups is 2. The van der Waals surface area contributed by atoms with Gasteiger partial charge in [0.2, 0.25) is 5.91 Å². The predicted octanol–water partition coefficient (Wildman–Crippen LogP) is 10.6. The van der Waals surface area contributed by atoms with Crippen LogP contribution < -0.4 is 5.32 Å². The molecule has 0 bridgehead atoms. The molecule has 0 heterocycles. The first-order valence-corrected chi connectivity index (χ1v) is 19.0. The smallest absolute Gasteiger partial charge is 0.306 e. The van der Waals surface area contributed by atoms with E-state index >= 15 is 0 Å². The molecule has 0 aromatic heterocycles. The van der Waals surface area contributed by atoms with Crippen molar-refractivity contribution in [3.8, 4) is 0 Å². The third-order valence-electron chi connectivity index (χ3n) is 13.2. The van der Waals surface area contributed by atoms with Gasteiger partial charge in [-0.15, -0.1) is 0 Å². The monoisotopic (exact) mass is 715 g/mol. The highest BCUT2D eigenvalue weighted by Crippen LogP contribution is 2.67. The topological polar surface area (TPSA) is 55.4 Å². The molecule has 0 saturated heterocycles. The van der Waals surface area contributed by atoms with Crippen LogP contribution >= 0.6 is 22.6 Å². The van der Waals surface area contributed by atoms with Gasteiger partial charge < -0.3 is 10.1 Å². The lowest BCUT2D eigenvalue weighted by Crippen LogP contribution is -2.51. The van der Waals surface area contributed by atoms with E-state index in [9.17, 15) is 9.59 Å². The number of esters is 1. The van der Waals surface area contributed by atoms with E-state index < -0.39 is 0 Å². The Kier molecular flexibility index (Phi) is 10.9. The van der Waals surface area contributed by atoms with Crippen molar-refractivity contribution in [1.29, 1.82) is 0 Å². The summed E-state index contributed by atoms with van der Waals surface area (Å²) in [5, 5.41) is 2.89. The second-order valence-electron chi connectivity index (χ2n) is 15.9. The Balaban J connectivity index is 1.15. The molecule has 0 aliphatic heterocycles. The zero-order valence-electron chi connectivity index (χ0n) is 28.3. The molecule has 1 aromatic carbocycles. The molecule has 0 radical (unpaired) electrons. The molecule has 5 rings (SSSR count). The van der Waals surface area contributed by atoms with Crippen LogP contribution in [0, 0.1) is 55.8 Å². The van der Waals surface area contributed by atoms with E-state index in [2.05, 4.69) is 75.5 Å². The van der Waals surface area contributed by atoms with Crippen LogP contribution in [-0.2, 0) is 14.3 Å². The molecule has 44 heavy (non-hydrogen) atoms. The third-order valence-corrected chi connectivity index (χ3v) is 13.9. The molecular weight excluding hydrogens is 657 g/mol. The first-order valence-electron chi connectivity index (χ1n) is 17.9. The van der Waals surface area contributed by atoms with Gasteiger partial charge in [0, 0.05) is 22.1 Å². The summed E-state index contributed by atoms with van der Waals surface area (Å²) < 4.78 is 7.03. The molecule has 5 heteroatoms. The molecule has 1 aromatic rings. The van der Waals surface area contributed by atoms with Crippen molar-refractivity contribution in [2.45, 2.75) is 131 Å². The molecule has 1 amide bonds. The molecular formula is C39H58INO3. The molecule has 4 aliphatic rings. The molecule has 4 aliphatic carbocycles. The molecule has 0 spiro atoms. The second kappa shape index (κ2) is 14.2. The number of carbonyl (C=O) groups excluding carboxylic acids is 2. The summed E-state index contributed by atoms with van der Waals surface area (Å²) in [7, 11) is 0. The lowest BCUT2D eigenvalue weighted by atomic mass is 9.47. The Morgan fingerprint density at radius 1 is 1.02 bits per heavy atom. The predicted molar refractivity (Wildman–Crippen MR) is 189 cm³/mol. The van der Waals surface area contributed by atoms with E-state index in [4.69, 9.17) is 4.74 Å². The van der Waals surface area contributed by atoms with Gasteiger partial charge in [-0.1, -0.05) is 72.1 Å². The average molecular weight is 716 g/mol. The molecule has 3 fully saturated rings. The van der Waals surface area contributed by atoms with E-state index in [0.717, 1.165) is 69.9 Å². The normalized spacial score (nSPS) is 34.3. The summed E-state index contributed by atoms with van der Waals surface area (Å²) >= 11 is 2.23. The lowest BCUT2D eigenvalue weighted by Gasteiger charge is -2.58. The van der Waals surface area contributed by atoms with Gasteiger partial charge in [-0.05, 0) is 144 Å². The van der Waals surface area contributed by atoms with Crippen LogP contribution in [-0.4, -0.2) is 18.0 Å². The maximum absolute atomic E-state index is 12.7. The van der Waals surface area contributed by atoms with E-state index in [-0.39, 0.29) is 36.2 Å². The van der Waals surface area contributed by atoms with E-state index in [1.54, 1.807) is 5.57 Å². The fourth-order valence-corrected chi connectivity index (χ4v) is 11.2. The highest BCUT2D eigenvalue weighted by Gasteiger charge is 2.59. The van der Waals surface area contributed by atoms with Gasteiger partial charge in [-0.2, -0.15) is 0 Å². The highest BCUT2D eigenvalue weighted by molar-refractivity contribution is 14.1. The number of fused-ring (bicyclic) bond motifs is 5. The molecule has 0 unspecified atom stereocenters. The summed E-state index contributed by atoms with van der Waals surface area (Å²) in [4.78, 5) is 25.2. The SMILES string of the molecule is CC[C@H](CC[C@@H](C)[C@H]1CC[C@H]2[C@@H]3CC=C4C[C@@H](OC(=O)CCC(=O)Nc5cccc(I)c5)CC[C@]4(C)[C@H]3CC[C@]12C)C(C)C. The fourth-order valence-electron chi connectivity index (χ4n) is 10.6. The summed E-state index contributed by atoms with van der Waals surface area (Å²) in [5.41, 5.74) is 3.06. The summed E-state index contributed by atoms with van der Waals surface area (Å²) in [6, 6.07) is 7.69. The lowest BCUT2D eigenvalue weighted by molar-refractivity contribution is -0.152. The van der Waals surface area contributed by atoms with E-state index in [1.165, 1.54) is 51.4 Å². The number of ether oxygens (including phenoxy) is 1. The number of hydrogen-bond donors (Lipinski definition) is 1. The van der Waals surface area contributed by atoms with Gasteiger partial charge in [0.15, 0.2) is 0 Å². The molecule has 9 atom stereocenters. The van der Waals surface area contributed by atoms with Crippen LogP contribution in [0.15, 0.2) is 35.9 Å². The zero-order chi connectivity index (χ0) is 31.6. The van der Waals surface area contributed by atoms with Crippen LogP contribution in [0.5, 0.6) is 0 Å². The number of allylic oxidation sites excluding steroid dienone is 1. The second-order valence-corrected chi connectivity index (χ2v) is 17.1. The molecule has 3 saturated carbocycles. The standard InChI is InChI=1S/C39H58INO3/c1-7-27(25(2)3)12-11-26(4)33-15-16-34-32-14-13-28-23-31(19-21-38(28,5)35(32)20-22-39(33,34)6)44-37(43)18-17-36(42)41-30-10-8-9-29(40)24-30/h8-10,13,24-27,31-35H,7,11-12,14-23H2,1-6H3,(H,41,42)/t26-,27-,31+,32+,33-,34+,35+,38+,39-/m1/s1. The minimum absolute atomic E-state index is 0.0551. The summed E-state index contributed by atoms with van der Waals surface area (Å²) in [5.74, 6) is 5.43. The van der Waals surface area contributed by atoms with Crippen LogP contribution in [0.3, 0.4) is 0 Å². The quantitative estimate of drug-likeness (QED) is 0.141. The van der Waals surface area contributed by atoms with Gasteiger partial charge in [-0.3, -0.25) is 9.59 Å².